The molecule has 0 unspecified atom stereocenters. The third kappa shape index (κ3) is 1.13. The highest BCUT2D eigenvalue weighted by Crippen LogP contribution is 2.55. The van der Waals surface area contributed by atoms with Gasteiger partial charge in [-0.1, -0.05) is 6.07 Å². The molecule has 2 atom stereocenters. The first-order chi connectivity index (χ1) is 7.67. The first kappa shape index (κ1) is 9.78. The van der Waals surface area contributed by atoms with Crippen molar-refractivity contribution < 1.29 is 13.9 Å². The number of carbonyl (C=O) groups is 1. The minimum Gasteiger partial charge on any atom is -0.468 e. The molecule has 1 fully saturated rings. The van der Waals surface area contributed by atoms with Crippen LogP contribution in [0, 0.1) is 5.82 Å². The third-order valence-corrected chi connectivity index (χ3v) is 3.59. The summed E-state index contributed by atoms with van der Waals surface area (Å²) in [5.74, 6) is -0.418. The van der Waals surface area contributed by atoms with Gasteiger partial charge in [0.05, 0.1) is 7.11 Å². The van der Waals surface area contributed by atoms with Crippen LogP contribution in [0.1, 0.15) is 23.5 Å². The van der Waals surface area contributed by atoms with Crippen LogP contribution >= 0.6 is 0 Å². The van der Waals surface area contributed by atoms with Gasteiger partial charge in [-0.2, -0.15) is 0 Å². The average Bonchev–Trinajstić information content (AvgIpc) is 3.04. The van der Waals surface area contributed by atoms with Crippen LogP contribution in [-0.2, 0) is 16.1 Å². The van der Waals surface area contributed by atoms with E-state index in [1.165, 1.54) is 19.2 Å². The third-order valence-electron chi connectivity index (χ3n) is 3.59. The maximum Gasteiger partial charge on any atom is 0.326 e. The molecule has 3 nitrogen and oxygen atoms in total. The lowest BCUT2D eigenvalue weighted by Gasteiger charge is -2.23. The summed E-state index contributed by atoms with van der Waals surface area (Å²) in [5.41, 5.74) is 1.43. The maximum atomic E-state index is 13.2. The van der Waals surface area contributed by atoms with Gasteiger partial charge in [-0.25, -0.2) is 4.39 Å². The normalized spacial score (nSPS) is 30.2. The first-order valence-electron chi connectivity index (χ1n) is 5.29. The summed E-state index contributed by atoms with van der Waals surface area (Å²) >= 11 is 0. The molecular formula is C12H12FNO2. The van der Waals surface area contributed by atoms with Crippen molar-refractivity contribution in [2.24, 2.45) is 0 Å². The topological polar surface area (TPSA) is 38.3 Å². The van der Waals surface area contributed by atoms with Gasteiger partial charge in [0.2, 0.25) is 0 Å². The largest absolute Gasteiger partial charge is 0.468 e. The number of nitrogens with one attached hydrogen (secondary N) is 1. The van der Waals surface area contributed by atoms with Gasteiger partial charge in [0.1, 0.15) is 11.4 Å². The first-order valence-corrected chi connectivity index (χ1v) is 5.29. The van der Waals surface area contributed by atoms with E-state index in [9.17, 15) is 9.18 Å². The van der Waals surface area contributed by atoms with Crippen molar-refractivity contribution in [1.82, 2.24) is 5.32 Å². The minimum atomic E-state index is -0.588. The van der Waals surface area contributed by atoms with E-state index in [2.05, 4.69) is 5.32 Å². The molecule has 0 bridgehead atoms. The summed E-state index contributed by atoms with van der Waals surface area (Å²) < 4.78 is 17.9. The lowest BCUT2D eigenvalue weighted by Crippen LogP contribution is -2.43. The van der Waals surface area contributed by atoms with E-state index in [0.29, 0.717) is 13.0 Å². The van der Waals surface area contributed by atoms with Crippen molar-refractivity contribution in [1.29, 1.82) is 0 Å². The van der Waals surface area contributed by atoms with Gasteiger partial charge >= 0.3 is 5.97 Å². The molecule has 0 amide bonds. The maximum absolute atomic E-state index is 13.2. The van der Waals surface area contributed by atoms with Crippen LogP contribution in [0.4, 0.5) is 4.39 Å². The number of carbonyl (C=O) groups excluding carboxylic acids is 1. The molecule has 0 radical (unpaired) electrons. The predicted octanol–water partition coefficient (Wildman–Crippen LogP) is 1.33. The van der Waals surface area contributed by atoms with Gasteiger partial charge in [0.15, 0.2) is 0 Å². The highest BCUT2D eigenvalue weighted by atomic mass is 19.1. The molecule has 2 aliphatic rings. The second kappa shape index (κ2) is 3.04. The van der Waals surface area contributed by atoms with Crippen LogP contribution in [0.3, 0.4) is 0 Å². The van der Waals surface area contributed by atoms with Crippen LogP contribution < -0.4 is 5.32 Å². The molecule has 1 heterocycles. The van der Waals surface area contributed by atoms with E-state index >= 15 is 0 Å². The van der Waals surface area contributed by atoms with Gasteiger partial charge in [-0.05, 0) is 29.7 Å². The second-order valence-electron chi connectivity index (χ2n) is 4.42. The van der Waals surface area contributed by atoms with Gasteiger partial charge < -0.3 is 4.74 Å². The standard InChI is InChI=1S/C12H12FNO2/c1-16-11(15)12-5-10(12)9-4-8(13)3-2-7(9)6-14-12/h2-4,10,14H,5-6H2,1H3/t10-,12-/m0/s1. The Bertz CT molecular complexity index is 474. The molecule has 1 aliphatic heterocycles. The minimum absolute atomic E-state index is 0.0689. The monoisotopic (exact) mass is 221 g/mol. The molecule has 0 aromatic heterocycles. The smallest absolute Gasteiger partial charge is 0.326 e. The number of rotatable bonds is 1. The Morgan fingerprint density at radius 3 is 3.19 bits per heavy atom. The van der Waals surface area contributed by atoms with E-state index in [1.807, 2.05) is 0 Å². The van der Waals surface area contributed by atoms with Crippen LogP contribution in [0.2, 0.25) is 0 Å². The Kier molecular flexibility index (Phi) is 1.86. The van der Waals surface area contributed by atoms with Gasteiger partial charge in [0, 0.05) is 12.5 Å². The van der Waals surface area contributed by atoms with Crippen molar-refractivity contribution >= 4 is 5.97 Å². The predicted molar refractivity (Wildman–Crippen MR) is 55.3 cm³/mol. The number of fused-ring (bicyclic) bond motifs is 3. The Hall–Kier alpha value is -1.42. The quantitative estimate of drug-likeness (QED) is 0.727. The summed E-state index contributed by atoms with van der Waals surface area (Å²) in [6.45, 7) is 0.598. The zero-order valence-corrected chi connectivity index (χ0v) is 8.92. The number of benzene rings is 1. The molecule has 0 spiro atoms. The van der Waals surface area contributed by atoms with Crippen molar-refractivity contribution in [3.05, 3.63) is 35.1 Å². The average molecular weight is 221 g/mol. The van der Waals surface area contributed by atoms with Crippen molar-refractivity contribution in [3.8, 4) is 0 Å². The highest BCUT2D eigenvalue weighted by molar-refractivity contribution is 5.87. The SMILES string of the molecule is COC(=O)[C@]12C[C@H]1c1cc(F)ccc1CN2. The molecule has 1 aliphatic carbocycles. The molecule has 4 heteroatoms. The Morgan fingerprint density at radius 2 is 2.44 bits per heavy atom. The number of ether oxygens (including phenoxy) is 1. The summed E-state index contributed by atoms with van der Waals surface area (Å²) in [6, 6.07) is 4.76. The summed E-state index contributed by atoms with van der Waals surface area (Å²) in [7, 11) is 1.38. The van der Waals surface area contributed by atoms with Gasteiger partial charge in [-0.15, -0.1) is 0 Å². The van der Waals surface area contributed by atoms with Crippen molar-refractivity contribution in [3.63, 3.8) is 0 Å². The fraction of sp³-hybridized carbons (Fsp3) is 0.417. The molecule has 1 N–H and O–H groups in total. The lowest BCUT2D eigenvalue weighted by molar-refractivity contribution is -0.144. The van der Waals surface area contributed by atoms with Crippen LogP contribution in [0.5, 0.6) is 0 Å². The van der Waals surface area contributed by atoms with E-state index in [0.717, 1.165) is 11.1 Å². The number of methoxy groups -OCH3 is 1. The van der Waals surface area contributed by atoms with E-state index in [1.54, 1.807) is 6.07 Å². The molecule has 16 heavy (non-hydrogen) atoms. The molecule has 1 aromatic rings. The Balaban J connectivity index is 2.00. The number of hydrogen-bond donors (Lipinski definition) is 1. The Labute approximate surface area is 92.6 Å². The van der Waals surface area contributed by atoms with E-state index < -0.39 is 5.54 Å². The summed E-state index contributed by atoms with van der Waals surface area (Å²) in [5, 5.41) is 3.20. The number of hydrogen-bond acceptors (Lipinski definition) is 3. The lowest BCUT2D eigenvalue weighted by atomic mass is 9.96. The number of halogens is 1. The summed E-state index contributed by atoms with van der Waals surface area (Å²) in [6.07, 6.45) is 0.704. The molecule has 84 valence electrons. The fourth-order valence-electron chi connectivity index (χ4n) is 2.62. The summed E-state index contributed by atoms with van der Waals surface area (Å²) in [4.78, 5) is 11.6. The van der Waals surface area contributed by atoms with Crippen molar-refractivity contribution in [2.45, 2.75) is 24.4 Å². The van der Waals surface area contributed by atoms with E-state index in [-0.39, 0.29) is 17.7 Å². The van der Waals surface area contributed by atoms with Gasteiger partial charge in [-0.3, -0.25) is 10.1 Å². The molecule has 1 saturated carbocycles. The molecular weight excluding hydrogens is 209 g/mol. The van der Waals surface area contributed by atoms with Crippen LogP contribution in [0.15, 0.2) is 18.2 Å². The molecule has 0 saturated heterocycles. The van der Waals surface area contributed by atoms with E-state index in [4.69, 9.17) is 4.74 Å². The number of esters is 1. The van der Waals surface area contributed by atoms with Crippen molar-refractivity contribution in [2.75, 3.05) is 7.11 Å². The second-order valence-corrected chi connectivity index (χ2v) is 4.42. The van der Waals surface area contributed by atoms with Gasteiger partial charge in [0.25, 0.3) is 0 Å². The highest BCUT2D eigenvalue weighted by Gasteiger charge is 2.63. The van der Waals surface area contributed by atoms with Crippen LogP contribution in [0.25, 0.3) is 0 Å². The zero-order valence-electron chi connectivity index (χ0n) is 8.92. The zero-order chi connectivity index (χ0) is 11.3. The van der Waals surface area contributed by atoms with Crippen LogP contribution in [-0.4, -0.2) is 18.6 Å². The fourth-order valence-corrected chi connectivity index (χ4v) is 2.62. The molecule has 3 rings (SSSR count). The molecule has 1 aromatic carbocycles. The Morgan fingerprint density at radius 1 is 1.62 bits per heavy atom.